The van der Waals surface area contributed by atoms with Crippen molar-refractivity contribution >= 4 is 10.0 Å². The van der Waals surface area contributed by atoms with Gasteiger partial charge in [-0.3, -0.25) is 0 Å². The summed E-state index contributed by atoms with van der Waals surface area (Å²) in [6, 6.07) is -0.345. The lowest BCUT2D eigenvalue weighted by Gasteiger charge is -2.32. The van der Waals surface area contributed by atoms with Gasteiger partial charge < -0.3 is 4.74 Å². The van der Waals surface area contributed by atoms with Crippen LogP contribution in [0.1, 0.15) is 37.2 Å². The van der Waals surface area contributed by atoms with Crippen molar-refractivity contribution in [1.82, 2.24) is 19.3 Å². The quantitative estimate of drug-likeness (QED) is 0.768. The molecular weight excluding hydrogens is 292 g/mol. The number of hydrogen-bond donors (Lipinski definition) is 0. The van der Waals surface area contributed by atoms with E-state index in [4.69, 9.17) is 4.74 Å². The van der Waals surface area contributed by atoms with Crippen LogP contribution in [0.15, 0.2) is 0 Å². The Hall–Kier alpha value is -0.990. The van der Waals surface area contributed by atoms with E-state index in [1.54, 1.807) is 0 Å². The molecular formula is C13H22N4O3S. The van der Waals surface area contributed by atoms with Crippen LogP contribution in [0.4, 0.5) is 0 Å². The number of nitrogens with zero attached hydrogens (tertiary/aromatic N) is 4. The third-order valence-corrected chi connectivity index (χ3v) is 5.44. The molecule has 1 aliphatic carbocycles. The van der Waals surface area contributed by atoms with Crippen LogP contribution in [0.25, 0.3) is 0 Å². The van der Waals surface area contributed by atoms with Crippen molar-refractivity contribution in [1.29, 1.82) is 0 Å². The van der Waals surface area contributed by atoms with Crippen molar-refractivity contribution in [2.24, 2.45) is 5.92 Å². The van der Waals surface area contributed by atoms with Gasteiger partial charge in [-0.05, 0) is 25.7 Å². The van der Waals surface area contributed by atoms with Crippen LogP contribution in [-0.4, -0.2) is 53.7 Å². The third kappa shape index (κ3) is 3.12. The standard InChI is InChI=1S/C13H22N4O3S/c1-3-16-11-6-7-17(21(2,18)19)12(13(11)14-15-16)9-20-8-10-4-5-10/h10,12H,3-9H2,1-2H3. The van der Waals surface area contributed by atoms with Gasteiger partial charge in [-0.2, -0.15) is 4.31 Å². The van der Waals surface area contributed by atoms with Crippen LogP contribution in [0.3, 0.4) is 0 Å². The molecule has 3 rings (SSSR count). The number of aryl methyl sites for hydroxylation is 1. The van der Waals surface area contributed by atoms with Crippen LogP contribution in [0.2, 0.25) is 0 Å². The van der Waals surface area contributed by atoms with Gasteiger partial charge in [0.15, 0.2) is 0 Å². The predicted octanol–water partition coefficient (Wildman–Crippen LogP) is 0.583. The summed E-state index contributed by atoms with van der Waals surface area (Å²) >= 11 is 0. The molecule has 0 amide bonds. The zero-order valence-corrected chi connectivity index (χ0v) is 13.3. The van der Waals surface area contributed by atoms with Gasteiger partial charge in [0.1, 0.15) is 5.69 Å². The molecule has 0 bridgehead atoms. The highest BCUT2D eigenvalue weighted by Crippen LogP contribution is 2.32. The monoisotopic (exact) mass is 314 g/mol. The fourth-order valence-electron chi connectivity index (χ4n) is 2.81. The summed E-state index contributed by atoms with van der Waals surface area (Å²) in [4.78, 5) is 0. The second kappa shape index (κ2) is 5.66. The SMILES string of the molecule is CCn1nnc2c1CCN(S(C)(=O)=O)C2COCC1CC1. The maximum Gasteiger partial charge on any atom is 0.211 e. The van der Waals surface area contributed by atoms with E-state index < -0.39 is 10.0 Å². The van der Waals surface area contributed by atoms with Crippen molar-refractivity contribution in [2.75, 3.05) is 26.0 Å². The molecule has 1 aromatic heterocycles. The molecule has 0 spiro atoms. The lowest BCUT2D eigenvalue weighted by atomic mass is 10.1. The van der Waals surface area contributed by atoms with E-state index in [2.05, 4.69) is 10.3 Å². The van der Waals surface area contributed by atoms with Gasteiger partial charge in [0.2, 0.25) is 10.0 Å². The first-order valence-electron chi connectivity index (χ1n) is 7.47. The molecule has 118 valence electrons. The van der Waals surface area contributed by atoms with E-state index in [9.17, 15) is 8.42 Å². The van der Waals surface area contributed by atoms with Gasteiger partial charge in [-0.15, -0.1) is 5.10 Å². The van der Waals surface area contributed by atoms with Gasteiger partial charge in [-0.1, -0.05) is 5.21 Å². The highest BCUT2D eigenvalue weighted by molar-refractivity contribution is 7.88. The molecule has 1 atom stereocenters. The molecule has 8 heteroatoms. The molecule has 7 nitrogen and oxygen atoms in total. The number of hydrogen-bond acceptors (Lipinski definition) is 5. The van der Waals surface area contributed by atoms with Gasteiger partial charge in [0.25, 0.3) is 0 Å². The van der Waals surface area contributed by atoms with Gasteiger partial charge in [-0.25, -0.2) is 13.1 Å². The second-order valence-corrected chi connectivity index (χ2v) is 7.79. The number of fused-ring (bicyclic) bond motifs is 1. The molecule has 0 radical (unpaired) electrons. The van der Waals surface area contributed by atoms with Crippen molar-refractivity contribution in [3.63, 3.8) is 0 Å². The highest BCUT2D eigenvalue weighted by Gasteiger charge is 2.37. The molecule has 2 aliphatic rings. The lowest BCUT2D eigenvalue weighted by molar-refractivity contribution is 0.0763. The Morgan fingerprint density at radius 1 is 1.33 bits per heavy atom. The maximum atomic E-state index is 12.0. The topological polar surface area (TPSA) is 77.3 Å². The van der Waals surface area contributed by atoms with Gasteiger partial charge >= 0.3 is 0 Å². The Bertz CT molecular complexity index is 609. The Morgan fingerprint density at radius 2 is 2.10 bits per heavy atom. The Labute approximate surface area is 125 Å². The molecule has 0 saturated heterocycles. The molecule has 1 aliphatic heterocycles. The van der Waals surface area contributed by atoms with Gasteiger partial charge in [0, 0.05) is 26.1 Å². The van der Waals surface area contributed by atoms with Crippen LogP contribution >= 0.6 is 0 Å². The zero-order chi connectivity index (χ0) is 15.0. The van der Waals surface area contributed by atoms with Crippen molar-refractivity contribution in [3.8, 4) is 0 Å². The summed E-state index contributed by atoms with van der Waals surface area (Å²) in [5.74, 6) is 0.658. The lowest BCUT2D eigenvalue weighted by Crippen LogP contribution is -2.42. The molecule has 0 N–H and O–H groups in total. The molecule has 1 fully saturated rings. The third-order valence-electron chi connectivity index (χ3n) is 4.15. The Morgan fingerprint density at radius 3 is 2.71 bits per heavy atom. The zero-order valence-electron chi connectivity index (χ0n) is 12.5. The number of sulfonamides is 1. The Balaban J connectivity index is 1.82. The van der Waals surface area contributed by atoms with Crippen LogP contribution in [0, 0.1) is 5.92 Å². The molecule has 1 unspecified atom stereocenters. The fourth-order valence-corrected chi connectivity index (χ4v) is 3.86. The summed E-state index contributed by atoms with van der Waals surface area (Å²) < 4.78 is 33.1. The minimum Gasteiger partial charge on any atom is -0.379 e. The first-order valence-corrected chi connectivity index (χ1v) is 9.32. The first kappa shape index (κ1) is 14.9. The summed E-state index contributed by atoms with van der Waals surface area (Å²) in [6.07, 6.45) is 4.34. The Kier molecular flexibility index (Phi) is 4.02. The second-order valence-electron chi connectivity index (χ2n) is 5.86. The van der Waals surface area contributed by atoms with Crippen LogP contribution in [-0.2, 0) is 27.7 Å². The maximum absolute atomic E-state index is 12.0. The minimum atomic E-state index is -3.27. The predicted molar refractivity (Wildman–Crippen MR) is 77.2 cm³/mol. The number of rotatable bonds is 6. The number of aromatic nitrogens is 3. The minimum absolute atomic E-state index is 0.345. The van der Waals surface area contributed by atoms with E-state index in [0.717, 1.165) is 17.9 Å². The molecule has 21 heavy (non-hydrogen) atoms. The van der Waals surface area contributed by atoms with E-state index in [-0.39, 0.29) is 6.04 Å². The van der Waals surface area contributed by atoms with Crippen molar-refractivity contribution < 1.29 is 13.2 Å². The van der Waals surface area contributed by atoms with Gasteiger partial charge in [0.05, 0.1) is 24.6 Å². The largest absolute Gasteiger partial charge is 0.379 e. The summed E-state index contributed by atoms with van der Waals surface area (Å²) in [5, 5.41) is 8.34. The smallest absolute Gasteiger partial charge is 0.211 e. The van der Waals surface area contributed by atoms with Crippen LogP contribution in [0.5, 0.6) is 0 Å². The average molecular weight is 314 g/mol. The molecule has 0 aromatic carbocycles. The highest BCUT2D eigenvalue weighted by atomic mass is 32.2. The van der Waals surface area contributed by atoms with Crippen molar-refractivity contribution in [2.45, 2.75) is 38.8 Å². The number of ether oxygens (including phenoxy) is 1. The van der Waals surface area contributed by atoms with Crippen LogP contribution < -0.4 is 0 Å². The molecule has 2 heterocycles. The average Bonchev–Trinajstić information content (AvgIpc) is 3.15. The summed E-state index contributed by atoms with van der Waals surface area (Å²) in [7, 11) is -3.27. The van der Waals surface area contributed by atoms with E-state index in [1.165, 1.54) is 23.4 Å². The first-order chi connectivity index (χ1) is 10.0. The normalized spacial score (nSPS) is 23.2. The summed E-state index contributed by atoms with van der Waals surface area (Å²) in [6.45, 7) is 4.30. The van der Waals surface area contributed by atoms with E-state index in [0.29, 0.717) is 32.1 Å². The van der Waals surface area contributed by atoms with E-state index in [1.807, 2.05) is 11.6 Å². The fraction of sp³-hybridized carbons (Fsp3) is 0.846. The summed E-state index contributed by atoms with van der Waals surface area (Å²) in [5.41, 5.74) is 1.79. The van der Waals surface area contributed by atoms with E-state index >= 15 is 0 Å². The van der Waals surface area contributed by atoms with Crippen molar-refractivity contribution in [3.05, 3.63) is 11.4 Å². The molecule has 1 saturated carbocycles. The molecule has 1 aromatic rings.